The van der Waals surface area contributed by atoms with E-state index in [1.165, 1.54) is 0 Å². The molecule has 0 saturated heterocycles. The lowest BCUT2D eigenvalue weighted by Gasteiger charge is -2.08. The molecule has 6 nitrogen and oxygen atoms in total. The molecule has 0 radical (unpaired) electrons. The van der Waals surface area contributed by atoms with Crippen molar-refractivity contribution < 1.29 is 0 Å². The van der Waals surface area contributed by atoms with Crippen LogP contribution >= 0.6 is 0 Å². The second-order valence-corrected chi connectivity index (χ2v) is 4.50. The number of nitrogens with two attached hydrogens (primary N) is 1. The molecule has 2 aromatic rings. The van der Waals surface area contributed by atoms with E-state index < -0.39 is 0 Å². The van der Waals surface area contributed by atoms with Crippen LogP contribution in [0.5, 0.6) is 0 Å². The van der Waals surface area contributed by atoms with Crippen LogP contribution in [0.15, 0.2) is 6.20 Å². The van der Waals surface area contributed by atoms with Crippen LogP contribution < -0.4 is 11.1 Å². The van der Waals surface area contributed by atoms with Crippen molar-refractivity contribution in [2.75, 3.05) is 11.1 Å². The summed E-state index contributed by atoms with van der Waals surface area (Å²) in [6.07, 6.45) is 2.95. The minimum Gasteiger partial charge on any atom is -0.394 e. The number of nitrogens with one attached hydrogen (secondary N) is 1. The van der Waals surface area contributed by atoms with Crippen LogP contribution in [0, 0.1) is 13.8 Å². The van der Waals surface area contributed by atoms with Crippen molar-refractivity contribution >= 4 is 17.2 Å². The highest BCUT2D eigenvalue weighted by Gasteiger charge is 2.14. The summed E-state index contributed by atoms with van der Waals surface area (Å²) in [5.74, 6) is 0.852. The van der Waals surface area contributed by atoms with E-state index in [-0.39, 0.29) is 0 Å². The van der Waals surface area contributed by atoms with Gasteiger partial charge in [-0.1, -0.05) is 6.92 Å². The first-order chi connectivity index (χ1) is 8.52. The number of nitrogen functional groups attached to an aromatic ring is 1. The maximum Gasteiger partial charge on any atom is 0.152 e. The first-order valence-corrected chi connectivity index (χ1v) is 6.13. The Morgan fingerprint density at radius 3 is 2.56 bits per heavy atom. The Bertz CT molecular complexity index is 551. The molecular formula is C12H20N6. The van der Waals surface area contributed by atoms with Crippen molar-refractivity contribution in [2.24, 2.45) is 7.05 Å². The van der Waals surface area contributed by atoms with E-state index in [9.17, 15) is 0 Å². The number of hydrogen-bond donors (Lipinski definition) is 2. The second-order valence-electron chi connectivity index (χ2n) is 4.50. The van der Waals surface area contributed by atoms with E-state index in [0.29, 0.717) is 5.69 Å². The van der Waals surface area contributed by atoms with Gasteiger partial charge in [-0.15, -0.1) is 0 Å². The third-order valence-corrected chi connectivity index (χ3v) is 2.88. The standard InChI is InChI=1S/C12H20N6/c1-5-6-18-12(11(13)9(3)16-18)14-10-7-17(4)15-8(10)2/h7,14H,5-6,13H2,1-4H3. The lowest BCUT2D eigenvalue weighted by atomic mass is 10.3. The highest BCUT2D eigenvalue weighted by atomic mass is 15.3. The predicted octanol–water partition coefficient (Wildman–Crippen LogP) is 1.97. The largest absolute Gasteiger partial charge is 0.394 e. The molecule has 0 unspecified atom stereocenters. The average molecular weight is 248 g/mol. The molecule has 0 aliphatic heterocycles. The third kappa shape index (κ3) is 2.18. The van der Waals surface area contributed by atoms with Crippen LogP contribution in [0.4, 0.5) is 17.2 Å². The van der Waals surface area contributed by atoms with E-state index in [2.05, 4.69) is 22.4 Å². The molecule has 2 aromatic heterocycles. The van der Waals surface area contributed by atoms with Crippen LogP contribution in [-0.2, 0) is 13.6 Å². The molecule has 0 amide bonds. The molecule has 0 atom stereocenters. The molecule has 0 aromatic carbocycles. The molecule has 0 aliphatic carbocycles. The summed E-state index contributed by atoms with van der Waals surface area (Å²) in [6, 6.07) is 0. The summed E-state index contributed by atoms with van der Waals surface area (Å²) in [5.41, 5.74) is 9.52. The summed E-state index contributed by atoms with van der Waals surface area (Å²) in [4.78, 5) is 0. The minimum absolute atomic E-state index is 0.701. The lowest BCUT2D eigenvalue weighted by Crippen LogP contribution is -2.05. The molecular weight excluding hydrogens is 228 g/mol. The van der Waals surface area contributed by atoms with Crippen LogP contribution in [-0.4, -0.2) is 19.6 Å². The number of anilines is 3. The van der Waals surface area contributed by atoms with Gasteiger partial charge in [-0.25, -0.2) is 4.68 Å². The van der Waals surface area contributed by atoms with Crippen molar-refractivity contribution in [1.82, 2.24) is 19.6 Å². The zero-order chi connectivity index (χ0) is 13.3. The van der Waals surface area contributed by atoms with Gasteiger partial charge in [0, 0.05) is 19.8 Å². The lowest BCUT2D eigenvalue weighted by molar-refractivity contribution is 0.605. The van der Waals surface area contributed by atoms with Gasteiger partial charge in [0.25, 0.3) is 0 Å². The number of aryl methyl sites for hydroxylation is 4. The fraction of sp³-hybridized carbons (Fsp3) is 0.500. The molecule has 0 fully saturated rings. The number of rotatable bonds is 4. The van der Waals surface area contributed by atoms with E-state index in [4.69, 9.17) is 5.73 Å². The van der Waals surface area contributed by atoms with Gasteiger partial charge < -0.3 is 11.1 Å². The fourth-order valence-electron chi connectivity index (χ4n) is 1.95. The molecule has 98 valence electrons. The molecule has 0 aliphatic rings. The van der Waals surface area contributed by atoms with Gasteiger partial charge in [-0.3, -0.25) is 4.68 Å². The normalized spacial score (nSPS) is 10.9. The van der Waals surface area contributed by atoms with Crippen molar-refractivity contribution in [3.8, 4) is 0 Å². The Morgan fingerprint density at radius 1 is 1.28 bits per heavy atom. The highest BCUT2D eigenvalue weighted by Crippen LogP contribution is 2.27. The number of nitrogens with zero attached hydrogens (tertiary/aromatic N) is 4. The Kier molecular flexibility index (Phi) is 3.27. The maximum absolute atomic E-state index is 6.07. The Hall–Kier alpha value is -1.98. The molecule has 2 heterocycles. The van der Waals surface area contributed by atoms with Crippen LogP contribution in [0.25, 0.3) is 0 Å². The summed E-state index contributed by atoms with van der Waals surface area (Å²) in [5, 5.41) is 12.1. The monoisotopic (exact) mass is 248 g/mol. The number of aromatic nitrogens is 4. The first-order valence-electron chi connectivity index (χ1n) is 6.13. The van der Waals surface area contributed by atoms with Crippen molar-refractivity contribution in [3.05, 3.63) is 17.6 Å². The zero-order valence-corrected chi connectivity index (χ0v) is 11.4. The molecule has 0 saturated carbocycles. The predicted molar refractivity (Wildman–Crippen MR) is 72.9 cm³/mol. The van der Waals surface area contributed by atoms with Gasteiger partial charge in [0.1, 0.15) is 0 Å². The van der Waals surface area contributed by atoms with E-state index in [0.717, 1.165) is 35.9 Å². The van der Waals surface area contributed by atoms with Gasteiger partial charge in [-0.2, -0.15) is 10.2 Å². The fourth-order valence-corrected chi connectivity index (χ4v) is 1.95. The van der Waals surface area contributed by atoms with Gasteiger partial charge >= 0.3 is 0 Å². The van der Waals surface area contributed by atoms with Gasteiger partial charge in [-0.05, 0) is 20.3 Å². The topological polar surface area (TPSA) is 73.7 Å². The van der Waals surface area contributed by atoms with Crippen LogP contribution in [0.2, 0.25) is 0 Å². The minimum atomic E-state index is 0.701. The van der Waals surface area contributed by atoms with E-state index in [1.54, 1.807) is 4.68 Å². The van der Waals surface area contributed by atoms with Crippen molar-refractivity contribution in [2.45, 2.75) is 33.7 Å². The second kappa shape index (κ2) is 4.72. The summed E-state index contributed by atoms with van der Waals surface area (Å²) < 4.78 is 3.69. The van der Waals surface area contributed by atoms with Gasteiger partial charge in [0.05, 0.1) is 22.8 Å². The SMILES string of the molecule is CCCn1nc(C)c(N)c1Nc1cn(C)nc1C. The maximum atomic E-state index is 6.07. The number of hydrogen-bond acceptors (Lipinski definition) is 4. The van der Waals surface area contributed by atoms with Crippen molar-refractivity contribution in [3.63, 3.8) is 0 Å². The average Bonchev–Trinajstić information content (AvgIpc) is 2.74. The van der Waals surface area contributed by atoms with Gasteiger partial charge in [0.2, 0.25) is 0 Å². The molecule has 2 rings (SSSR count). The zero-order valence-electron chi connectivity index (χ0n) is 11.4. The molecule has 0 spiro atoms. The Labute approximate surface area is 107 Å². The molecule has 6 heteroatoms. The Balaban J connectivity index is 2.35. The summed E-state index contributed by atoms with van der Waals surface area (Å²) in [6.45, 7) is 6.85. The quantitative estimate of drug-likeness (QED) is 0.867. The molecule has 18 heavy (non-hydrogen) atoms. The Morgan fingerprint density at radius 2 is 2.00 bits per heavy atom. The van der Waals surface area contributed by atoms with Crippen molar-refractivity contribution in [1.29, 1.82) is 0 Å². The molecule has 3 N–H and O–H groups in total. The smallest absolute Gasteiger partial charge is 0.152 e. The highest BCUT2D eigenvalue weighted by molar-refractivity contribution is 5.71. The summed E-state index contributed by atoms with van der Waals surface area (Å²) >= 11 is 0. The van der Waals surface area contributed by atoms with E-state index >= 15 is 0 Å². The molecule has 0 bridgehead atoms. The summed E-state index contributed by atoms with van der Waals surface area (Å²) in [7, 11) is 1.90. The van der Waals surface area contributed by atoms with Crippen LogP contribution in [0.3, 0.4) is 0 Å². The van der Waals surface area contributed by atoms with Crippen LogP contribution in [0.1, 0.15) is 24.7 Å². The van der Waals surface area contributed by atoms with E-state index in [1.807, 2.05) is 31.8 Å². The third-order valence-electron chi connectivity index (χ3n) is 2.88. The first kappa shape index (κ1) is 12.5. The van der Waals surface area contributed by atoms with Gasteiger partial charge in [0.15, 0.2) is 5.82 Å².